The molecule has 2 N–H and O–H groups in total. The minimum Gasteiger partial charge on any atom is -0.324 e. The third-order valence-corrected chi connectivity index (χ3v) is 4.25. The zero-order valence-corrected chi connectivity index (χ0v) is 15.8. The molecule has 0 bridgehead atoms. The van der Waals surface area contributed by atoms with Gasteiger partial charge in [0.1, 0.15) is 5.54 Å². The van der Waals surface area contributed by atoms with E-state index < -0.39 is 17.5 Å². The Morgan fingerprint density at radius 1 is 1.29 bits per heavy atom. The number of benzene rings is 1. The van der Waals surface area contributed by atoms with Crippen molar-refractivity contribution in [3.63, 3.8) is 0 Å². The summed E-state index contributed by atoms with van der Waals surface area (Å²) in [5.74, 6) is -0.738. The molecule has 1 fully saturated rings. The Morgan fingerprint density at radius 3 is 2.71 bits per heavy atom. The van der Waals surface area contributed by atoms with Gasteiger partial charge in [-0.1, -0.05) is 30.3 Å². The summed E-state index contributed by atoms with van der Waals surface area (Å²) in [5, 5.41) is 10.7. The lowest BCUT2D eigenvalue weighted by Crippen LogP contribution is -2.40. The van der Waals surface area contributed by atoms with Crippen LogP contribution in [0.2, 0.25) is 0 Å². The van der Waals surface area contributed by atoms with E-state index in [0.717, 1.165) is 16.0 Å². The van der Waals surface area contributed by atoms with Crippen molar-refractivity contribution in [2.24, 2.45) is 5.10 Å². The van der Waals surface area contributed by atoms with Gasteiger partial charge in [0.2, 0.25) is 5.91 Å². The summed E-state index contributed by atoms with van der Waals surface area (Å²) in [6, 6.07) is 9.44. The molecule has 3 rings (SSSR count). The number of carbonyl (C=O) groups excluding carboxylic acids is 3. The first-order valence-corrected chi connectivity index (χ1v) is 8.87. The second-order valence-corrected chi connectivity index (χ2v) is 7.01. The molecule has 0 radical (unpaired) electrons. The lowest BCUT2D eigenvalue weighted by atomic mass is 10.1. The van der Waals surface area contributed by atoms with Crippen LogP contribution in [0.5, 0.6) is 0 Å². The fourth-order valence-electron chi connectivity index (χ4n) is 2.77. The molecule has 1 aromatic carbocycles. The van der Waals surface area contributed by atoms with Crippen molar-refractivity contribution in [2.45, 2.75) is 32.4 Å². The lowest BCUT2D eigenvalue weighted by Gasteiger charge is -2.15. The van der Waals surface area contributed by atoms with E-state index in [1.54, 1.807) is 24.7 Å². The van der Waals surface area contributed by atoms with Crippen molar-refractivity contribution >= 4 is 24.1 Å². The summed E-state index contributed by atoms with van der Waals surface area (Å²) in [5.41, 5.74) is 3.32. The van der Waals surface area contributed by atoms with Crippen molar-refractivity contribution < 1.29 is 14.4 Å². The second-order valence-electron chi connectivity index (χ2n) is 7.01. The van der Waals surface area contributed by atoms with Crippen LogP contribution in [0.3, 0.4) is 0 Å². The highest BCUT2D eigenvalue weighted by Gasteiger charge is 2.43. The fourth-order valence-corrected chi connectivity index (χ4v) is 2.77. The monoisotopic (exact) mass is 382 g/mol. The number of nitrogens with zero attached hydrogens (tertiary/aromatic N) is 4. The first kappa shape index (κ1) is 19.3. The van der Waals surface area contributed by atoms with Crippen LogP contribution >= 0.6 is 0 Å². The number of hydrazone groups is 1. The predicted octanol–water partition coefficient (Wildman–Crippen LogP) is 1.10. The number of amides is 4. The fraction of sp³-hybridized carbons (Fsp3) is 0.316. The van der Waals surface area contributed by atoms with Gasteiger partial charge in [-0.25, -0.2) is 10.2 Å². The third kappa shape index (κ3) is 4.61. The summed E-state index contributed by atoms with van der Waals surface area (Å²) in [6.45, 7) is 3.89. The maximum Gasteiger partial charge on any atom is 0.325 e. The van der Waals surface area contributed by atoms with E-state index in [1.165, 1.54) is 6.21 Å². The number of urea groups is 1. The van der Waals surface area contributed by atoms with E-state index in [9.17, 15) is 14.4 Å². The largest absolute Gasteiger partial charge is 0.325 e. The Bertz CT molecular complexity index is 903. The topological polar surface area (TPSA) is 109 Å². The molecule has 1 aliphatic heterocycles. The van der Waals surface area contributed by atoms with Crippen molar-refractivity contribution in [1.82, 2.24) is 25.4 Å². The molecule has 1 saturated heterocycles. The van der Waals surface area contributed by atoms with Gasteiger partial charge < -0.3 is 5.32 Å². The SMILES string of the molecule is CC1(C)NC(=O)N(CCC(=O)N/N=C\c2cnn(Cc3ccccc3)c2)C1=O. The van der Waals surface area contributed by atoms with Crippen molar-refractivity contribution in [1.29, 1.82) is 0 Å². The molecule has 2 heterocycles. The van der Waals surface area contributed by atoms with Gasteiger partial charge in [0.15, 0.2) is 0 Å². The summed E-state index contributed by atoms with van der Waals surface area (Å²) in [4.78, 5) is 36.8. The summed E-state index contributed by atoms with van der Waals surface area (Å²) in [6.07, 6.45) is 4.93. The Balaban J connectivity index is 1.45. The van der Waals surface area contributed by atoms with Gasteiger partial charge >= 0.3 is 6.03 Å². The Kier molecular flexibility index (Phi) is 5.53. The van der Waals surface area contributed by atoms with Crippen LogP contribution in [0, 0.1) is 0 Å². The number of hydrogen-bond donors (Lipinski definition) is 2. The predicted molar refractivity (Wildman–Crippen MR) is 102 cm³/mol. The molecule has 9 heteroatoms. The van der Waals surface area contributed by atoms with Crippen molar-refractivity contribution in [3.05, 3.63) is 53.9 Å². The molecular formula is C19H22N6O3. The average molecular weight is 382 g/mol. The average Bonchev–Trinajstić information content (AvgIpc) is 3.16. The highest BCUT2D eigenvalue weighted by atomic mass is 16.2. The number of aromatic nitrogens is 2. The quantitative estimate of drug-likeness (QED) is 0.425. The normalized spacial score (nSPS) is 15.9. The zero-order chi connectivity index (χ0) is 20.1. The van der Waals surface area contributed by atoms with E-state index in [4.69, 9.17) is 0 Å². The van der Waals surface area contributed by atoms with Crippen LogP contribution in [0.25, 0.3) is 0 Å². The molecule has 0 aliphatic carbocycles. The van der Waals surface area contributed by atoms with Gasteiger partial charge in [-0.15, -0.1) is 0 Å². The summed E-state index contributed by atoms with van der Waals surface area (Å²) in [7, 11) is 0. The zero-order valence-electron chi connectivity index (χ0n) is 15.8. The number of hydrogen-bond acceptors (Lipinski definition) is 5. The third-order valence-electron chi connectivity index (χ3n) is 4.25. The maximum absolute atomic E-state index is 12.1. The van der Waals surface area contributed by atoms with Crippen LogP contribution in [0.1, 0.15) is 31.4 Å². The molecule has 2 aromatic rings. The van der Waals surface area contributed by atoms with Crippen molar-refractivity contribution in [2.75, 3.05) is 6.54 Å². The second kappa shape index (κ2) is 8.03. The summed E-state index contributed by atoms with van der Waals surface area (Å²) < 4.78 is 1.78. The number of imide groups is 1. The lowest BCUT2D eigenvalue weighted by molar-refractivity contribution is -0.130. The van der Waals surface area contributed by atoms with Gasteiger partial charge in [0.05, 0.1) is 19.0 Å². The van der Waals surface area contributed by atoms with E-state index in [0.29, 0.717) is 6.54 Å². The summed E-state index contributed by atoms with van der Waals surface area (Å²) >= 11 is 0. The molecular weight excluding hydrogens is 360 g/mol. The molecule has 1 aromatic heterocycles. The Hall–Kier alpha value is -3.49. The highest BCUT2D eigenvalue weighted by Crippen LogP contribution is 2.16. The molecule has 0 unspecified atom stereocenters. The van der Waals surface area contributed by atoms with E-state index >= 15 is 0 Å². The molecule has 1 aliphatic rings. The minimum atomic E-state index is -0.939. The molecule has 0 saturated carbocycles. The molecule has 146 valence electrons. The van der Waals surface area contributed by atoms with Gasteiger partial charge in [-0.2, -0.15) is 10.2 Å². The van der Waals surface area contributed by atoms with Crippen LogP contribution < -0.4 is 10.7 Å². The van der Waals surface area contributed by atoms with Gasteiger partial charge in [-0.3, -0.25) is 19.2 Å². The van der Waals surface area contributed by atoms with Crippen LogP contribution in [-0.2, 0) is 16.1 Å². The number of nitrogens with one attached hydrogen (secondary N) is 2. The first-order chi connectivity index (χ1) is 13.3. The maximum atomic E-state index is 12.1. The molecule has 28 heavy (non-hydrogen) atoms. The van der Waals surface area contributed by atoms with Crippen LogP contribution in [0.4, 0.5) is 4.79 Å². The number of rotatable bonds is 7. The molecule has 9 nitrogen and oxygen atoms in total. The van der Waals surface area contributed by atoms with Crippen LogP contribution in [-0.4, -0.2) is 50.8 Å². The van der Waals surface area contributed by atoms with Crippen LogP contribution in [0.15, 0.2) is 47.8 Å². The van der Waals surface area contributed by atoms with E-state index in [-0.39, 0.29) is 18.9 Å². The molecule has 4 amide bonds. The number of carbonyl (C=O) groups is 3. The Morgan fingerprint density at radius 2 is 2.04 bits per heavy atom. The van der Waals surface area contributed by atoms with Crippen molar-refractivity contribution in [3.8, 4) is 0 Å². The first-order valence-electron chi connectivity index (χ1n) is 8.87. The smallest absolute Gasteiger partial charge is 0.324 e. The minimum absolute atomic E-state index is 0.00442. The standard InChI is InChI=1S/C19H22N6O3/c1-19(2)17(27)25(18(28)22-19)9-8-16(26)23-20-10-15-11-21-24(13-15)12-14-6-4-3-5-7-14/h3-7,10-11,13H,8-9,12H2,1-2H3,(H,22,28)(H,23,26)/b20-10-. The highest BCUT2D eigenvalue weighted by molar-refractivity contribution is 6.06. The van der Waals surface area contributed by atoms with Gasteiger partial charge in [-0.05, 0) is 19.4 Å². The Labute approximate surface area is 162 Å². The molecule has 0 spiro atoms. The van der Waals surface area contributed by atoms with Gasteiger partial charge in [0, 0.05) is 24.7 Å². The van der Waals surface area contributed by atoms with E-state index in [2.05, 4.69) is 20.9 Å². The molecule has 0 atom stereocenters. The van der Waals surface area contributed by atoms with E-state index in [1.807, 2.05) is 36.5 Å². The van der Waals surface area contributed by atoms with Gasteiger partial charge in [0.25, 0.3) is 5.91 Å².